The number of rotatable bonds is 4. The van der Waals surface area contributed by atoms with Crippen LogP contribution in [0.25, 0.3) is 44.5 Å². The summed E-state index contributed by atoms with van der Waals surface area (Å²) in [5.74, 6) is 0. The third kappa shape index (κ3) is 6.04. The molecule has 65 heavy (non-hydrogen) atoms. The first kappa shape index (κ1) is 41.3. The number of hydrogen-bond donors (Lipinski definition) is 0. The summed E-state index contributed by atoms with van der Waals surface area (Å²) in [6.07, 6.45) is 0. The summed E-state index contributed by atoms with van der Waals surface area (Å²) in [4.78, 5) is 2.57. The van der Waals surface area contributed by atoms with Crippen molar-refractivity contribution in [3.8, 4) is 44.5 Å². The molecule has 0 aromatic heterocycles. The molecule has 1 nitrogen and oxygen atoms in total. The van der Waals surface area contributed by atoms with Gasteiger partial charge in [0.05, 0.1) is 11.1 Å². The molecule has 0 unspecified atom stereocenters. The van der Waals surface area contributed by atoms with Crippen molar-refractivity contribution < 1.29 is 0 Å². The molecule has 0 atom stereocenters. The first-order valence-electron chi connectivity index (χ1n) is 23.7. The molecule has 0 amide bonds. The lowest BCUT2D eigenvalue weighted by Crippen LogP contribution is -2.27. The summed E-state index contributed by atoms with van der Waals surface area (Å²) in [6.45, 7) is 25.9. The Balaban J connectivity index is 1.23. The van der Waals surface area contributed by atoms with E-state index < -0.39 is 5.41 Å². The van der Waals surface area contributed by atoms with Crippen LogP contribution in [0.1, 0.15) is 126 Å². The minimum absolute atomic E-state index is 0.0186. The highest BCUT2D eigenvalue weighted by molar-refractivity contribution is 5.98. The summed E-state index contributed by atoms with van der Waals surface area (Å²) in [5, 5.41) is 0. The molecule has 0 bridgehead atoms. The molecular formula is C64H61N. The van der Waals surface area contributed by atoms with E-state index in [0.717, 1.165) is 11.4 Å². The minimum atomic E-state index is -0.513. The van der Waals surface area contributed by atoms with Crippen LogP contribution >= 0.6 is 0 Å². The summed E-state index contributed by atoms with van der Waals surface area (Å²) in [6, 6.07) is 65.7. The zero-order chi connectivity index (χ0) is 45.4. The molecule has 8 aromatic carbocycles. The lowest BCUT2D eigenvalue weighted by atomic mass is 9.68. The van der Waals surface area contributed by atoms with Crippen molar-refractivity contribution in [3.05, 3.63) is 220 Å². The van der Waals surface area contributed by atoms with E-state index >= 15 is 0 Å². The van der Waals surface area contributed by atoms with Gasteiger partial charge in [-0.2, -0.15) is 0 Å². The van der Waals surface area contributed by atoms with E-state index in [1.54, 1.807) is 0 Å². The molecule has 322 valence electrons. The topological polar surface area (TPSA) is 3.24 Å². The maximum Gasteiger partial charge on any atom is 0.0726 e. The molecule has 11 rings (SSSR count). The van der Waals surface area contributed by atoms with E-state index in [4.69, 9.17) is 0 Å². The van der Waals surface area contributed by atoms with E-state index in [0.29, 0.717) is 0 Å². The van der Waals surface area contributed by atoms with Crippen molar-refractivity contribution in [2.24, 2.45) is 0 Å². The zero-order valence-corrected chi connectivity index (χ0v) is 40.1. The fourth-order valence-corrected chi connectivity index (χ4v) is 11.8. The first-order valence-corrected chi connectivity index (χ1v) is 23.7. The molecule has 0 saturated carbocycles. The second-order valence-corrected chi connectivity index (χ2v) is 22.6. The average molecular weight is 844 g/mol. The van der Waals surface area contributed by atoms with Crippen LogP contribution < -0.4 is 4.90 Å². The summed E-state index contributed by atoms with van der Waals surface area (Å²) >= 11 is 0. The van der Waals surface area contributed by atoms with Crippen LogP contribution in [-0.4, -0.2) is 0 Å². The van der Waals surface area contributed by atoms with Gasteiger partial charge in [-0.15, -0.1) is 0 Å². The Morgan fingerprint density at radius 1 is 0.323 bits per heavy atom. The van der Waals surface area contributed by atoms with E-state index in [1.165, 1.54) is 100 Å². The van der Waals surface area contributed by atoms with Gasteiger partial charge in [-0.3, -0.25) is 0 Å². The highest BCUT2D eigenvalue weighted by Crippen LogP contribution is 2.64. The van der Waals surface area contributed by atoms with Gasteiger partial charge < -0.3 is 4.90 Å². The van der Waals surface area contributed by atoms with E-state index in [9.17, 15) is 0 Å². The van der Waals surface area contributed by atoms with Crippen molar-refractivity contribution in [3.63, 3.8) is 0 Å². The second-order valence-electron chi connectivity index (χ2n) is 22.6. The van der Waals surface area contributed by atoms with Crippen LogP contribution in [0.3, 0.4) is 0 Å². The Morgan fingerprint density at radius 3 is 1.28 bits per heavy atom. The Hall–Kier alpha value is -6.44. The lowest BCUT2D eigenvalue weighted by molar-refractivity contribution is 0.586. The van der Waals surface area contributed by atoms with E-state index in [1.807, 2.05) is 0 Å². The largest absolute Gasteiger partial charge is 0.310 e. The molecular weight excluding hydrogens is 783 g/mol. The highest BCUT2D eigenvalue weighted by Gasteiger charge is 2.52. The average Bonchev–Trinajstić information content (AvgIpc) is 3.83. The molecule has 0 fully saturated rings. The monoisotopic (exact) mass is 843 g/mol. The fourth-order valence-electron chi connectivity index (χ4n) is 11.8. The Kier molecular flexibility index (Phi) is 8.91. The molecule has 8 aromatic rings. The van der Waals surface area contributed by atoms with Crippen molar-refractivity contribution in [2.75, 3.05) is 4.90 Å². The van der Waals surface area contributed by atoms with Crippen LogP contribution in [0.2, 0.25) is 0 Å². The van der Waals surface area contributed by atoms with Crippen molar-refractivity contribution in [2.45, 2.75) is 103 Å². The number of benzene rings is 8. The molecule has 3 aliphatic carbocycles. The third-order valence-electron chi connectivity index (χ3n) is 15.2. The van der Waals surface area contributed by atoms with Gasteiger partial charge in [0.15, 0.2) is 0 Å². The van der Waals surface area contributed by atoms with Gasteiger partial charge >= 0.3 is 0 Å². The number of anilines is 3. The van der Waals surface area contributed by atoms with Crippen molar-refractivity contribution in [1.82, 2.24) is 0 Å². The third-order valence-corrected chi connectivity index (χ3v) is 15.2. The SMILES string of the molecule is CC(C)(C)c1ccc2c(c1)C1(c3ccccc3-c3ccc(N(c4ccc5c(c4)C(C)(C)c4ccccc4-5)c4ccccc4-c4ccccc4C(C)(C)C)cc31)c1cc(C(C)(C)C)ccc1-2. The molecule has 0 saturated heterocycles. The minimum Gasteiger partial charge on any atom is -0.310 e. The summed E-state index contributed by atoms with van der Waals surface area (Å²) < 4.78 is 0. The highest BCUT2D eigenvalue weighted by atomic mass is 15.1. The number of nitrogens with zero attached hydrogens (tertiary/aromatic N) is 1. The molecule has 3 aliphatic rings. The van der Waals surface area contributed by atoms with Crippen molar-refractivity contribution >= 4 is 17.1 Å². The Morgan fingerprint density at radius 2 is 0.723 bits per heavy atom. The summed E-state index contributed by atoms with van der Waals surface area (Å²) in [5.41, 5.74) is 25.5. The van der Waals surface area contributed by atoms with Crippen LogP contribution in [0.15, 0.2) is 170 Å². The van der Waals surface area contributed by atoms with Crippen molar-refractivity contribution in [1.29, 1.82) is 0 Å². The van der Waals surface area contributed by atoms with Gasteiger partial charge in [-0.1, -0.05) is 216 Å². The van der Waals surface area contributed by atoms with Gasteiger partial charge in [0, 0.05) is 22.4 Å². The second kappa shape index (κ2) is 14.0. The van der Waals surface area contributed by atoms with Gasteiger partial charge in [0.1, 0.15) is 0 Å². The van der Waals surface area contributed by atoms with E-state index in [2.05, 4.69) is 251 Å². The van der Waals surface area contributed by atoms with Crippen LogP contribution in [0.4, 0.5) is 17.1 Å². The van der Waals surface area contributed by atoms with Crippen LogP contribution in [-0.2, 0) is 27.1 Å². The van der Waals surface area contributed by atoms with Crippen LogP contribution in [0, 0.1) is 0 Å². The van der Waals surface area contributed by atoms with Gasteiger partial charge in [0.2, 0.25) is 0 Å². The molecule has 0 aliphatic heterocycles. The fraction of sp³-hybridized carbons (Fsp3) is 0.250. The maximum atomic E-state index is 2.57. The van der Waals surface area contributed by atoms with Gasteiger partial charge in [-0.05, 0) is 136 Å². The van der Waals surface area contributed by atoms with E-state index in [-0.39, 0.29) is 21.7 Å². The molecule has 0 radical (unpaired) electrons. The Labute approximate surface area is 387 Å². The van der Waals surface area contributed by atoms with Gasteiger partial charge in [0.25, 0.3) is 0 Å². The molecule has 0 N–H and O–H groups in total. The predicted octanol–water partition coefficient (Wildman–Crippen LogP) is 17.4. The molecule has 1 heteroatoms. The number of hydrogen-bond acceptors (Lipinski definition) is 1. The molecule has 1 spiro atoms. The zero-order valence-electron chi connectivity index (χ0n) is 40.1. The summed E-state index contributed by atoms with van der Waals surface area (Å²) in [7, 11) is 0. The number of fused-ring (bicyclic) bond motifs is 13. The van der Waals surface area contributed by atoms with Gasteiger partial charge in [-0.25, -0.2) is 0 Å². The maximum absolute atomic E-state index is 2.57. The molecule has 0 heterocycles. The number of para-hydroxylation sites is 1. The quantitative estimate of drug-likeness (QED) is 0.171. The smallest absolute Gasteiger partial charge is 0.0726 e. The Bertz CT molecular complexity index is 3180. The predicted molar refractivity (Wildman–Crippen MR) is 277 cm³/mol. The normalized spacial score (nSPS) is 14.9. The lowest BCUT2D eigenvalue weighted by Gasteiger charge is -2.34. The van der Waals surface area contributed by atoms with Crippen LogP contribution in [0.5, 0.6) is 0 Å². The first-order chi connectivity index (χ1) is 30.9. The standard InChI is InChI=1S/C64H61N/c1-60(2,3)40-28-32-48-49-33-29-41(61(4,5)6)37-57(49)64(56(48)36-40)54-26-18-14-21-45(54)50-35-31-43(39-58(50)64)65(42-30-34-47-44-20-13-17-25-53(44)63(10,11)55(47)38-42)59-27-19-15-23-51(59)46-22-12-16-24-52(46)62(7,8)9/h12-39H,1-11H3.